The number of methoxy groups -OCH3 is 1. The molecule has 2 rings (SSSR count). The third-order valence-corrected chi connectivity index (χ3v) is 4.55. The van der Waals surface area contributed by atoms with Gasteiger partial charge in [-0.1, -0.05) is 6.07 Å². The van der Waals surface area contributed by atoms with Gasteiger partial charge in [0.2, 0.25) is 0 Å². The molecular weight excluding hydrogens is 258 g/mol. The molecule has 4 heteroatoms. The summed E-state index contributed by atoms with van der Waals surface area (Å²) in [6.45, 7) is 0.962. The van der Waals surface area contributed by atoms with Gasteiger partial charge in [0.25, 0.3) is 0 Å². The Labute approximate surface area is 118 Å². The Balaban J connectivity index is 1.85. The molecule has 0 radical (unpaired) electrons. The summed E-state index contributed by atoms with van der Waals surface area (Å²) in [4.78, 5) is 0. The zero-order valence-corrected chi connectivity index (χ0v) is 12.6. The first-order chi connectivity index (χ1) is 9.19. The highest BCUT2D eigenvalue weighted by Crippen LogP contribution is 2.25. The number of nitrogens with one attached hydrogen (secondary N) is 1. The van der Waals surface area contributed by atoms with Crippen molar-refractivity contribution in [3.05, 3.63) is 29.3 Å². The van der Waals surface area contributed by atoms with E-state index in [1.165, 1.54) is 17.5 Å². The van der Waals surface area contributed by atoms with Crippen LogP contribution in [-0.2, 0) is 23.6 Å². The van der Waals surface area contributed by atoms with Gasteiger partial charge in [0.15, 0.2) is 0 Å². The fourth-order valence-corrected chi connectivity index (χ4v) is 3.17. The lowest BCUT2D eigenvalue weighted by molar-refractivity contribution is 0.411. The largest absolute Gasteiger partial charge is 0.497 e. The van der Waals surface area contributed by atoms with E-state index in [2.05, 4.69) is 17.4 Å². The molecule has 3 nitrogen and oxygen atoms in total. The van der Waals surface area contributed by atoms with Crippen LogP contribution in [0.5, 0.6) is 5.75 Å². The van der Waals surface area contributed by atoms with Crippen LogP contribution in [-0.4, -0.2) is 35.9 Å². The van der Waals surface area contributed by atoms with Gasteiger partial charge in [-0.3, -0.25) is 4.21 Å². The molecule has 1 aromatic rings. The number of benzene rings is 1. The Morgan fingerprint density at radius 2 is 2.26 bits per heavy atom. The third kappa shape index (κ3) is 4.32. The van der Waals surface area contributed by atoms with Gasteiger partial charge >= 0.3 is 0 Å². The second-order valence-electron chi connectivity index (χ2n) is 5.16. The summed E-state index contributed by atoms with van der Waals surface area (Å²) in [5.41, 5.74) is 2.86. The monoisotopic (exact) mass is 281 g/mol. The van der Waals surface area contributed by atoms with E-state index in [-0.39, 0.29) is 0 Å². The van der Waals surface area contributed by atoms with Crippen LogP contribution >= 0.6 is 0 Å². The molecule has 19 heavy (non-hydrogen) atoms. The molecule has 0 aromatic heterocycles. The third-order valence-electron chi connectivity index (χ3n) is 3.68. The van der Waals surface area contributed by atoms with Crippen LogP contribution in [0.2, 0.25) is 0 Å². The highest BCUT2D eigenvalue weighted by atomic mass is 32.2. The van der Waals surface area contributed by atoms with Crippen molar-refractivity contribution in [1.29, 1.82) is 0 Å². The summed E-state index contributed by atoms with van der Waals surface area (Å²) < 4.78 is 16.3. The van der Waals surface area contributed by atoms with Crippen molar-refractivity contribution in [2.75, 3.05) is 25.7 Å². The van der Waals surface area contributed by atoms with Gasteiger partial charge < -0.3 is 10.1 Å². The molecule has 0 aliphatic heterocycles. The van der Waals surface area contributed by atoms with E-state index in [4.69, 9.17) is 4.74 Å². The summed E-state index contributed by atoms with van der Waals surface area (Å²) in [6, 6.07) is 6.93. The molecule has 106 valence electrons. The van der Waals surface area contributed by atoms with Crippen LogP contribution < -0.4 is 10.1 Å². The lowest BCUT2D eigenvalue weighted by atomic mass is 9.88. The van der Waals surface area contributed by atoms with E-state index in [0.717, 1.165) is 37.3 Å². The van der Waals surface area contributed by atoms with E-state index in [1.54, 1.807) is 13.4 Å². The van der Waals surface area contributed by atoms with Crippen molar-refractivity contribution in [3.63, 3.8) is 0 Å². The molecular formula is C15H23NO2S. The molecule has 1 aliphatic carbocycles. The average molecular weight is 281 g/mol. The Morgan fingerprint density at radius 1 is 1.42 bits per heavy atom. The Morgan fingerprint density at radius 3 is 3.00 bits per heavy atom. The first kappa shape index (κ1) is 14.5. The smallest absolute Gasteiger partial charge is 0.119 e. The molecule has 0 spiro atoms. The van der Waals surface area contributed by atoms with Crippen molar-refractivity contribution in [3.8, 4) is 5.75 Å². The number of fused-ring (bicyclic) bond motifs is 1. The van der Waals surface area contributed by atoms with Crippen LogP contribution in [0.4, 0.5) is 0 Å². The van der Waals surface area contributed by atoms with Gasteiger partial charge in [-0.05, 0) is 55.5 Å². The van der Waals surface area contributed by atoms with Gasteiger partial charge in [0.05, 0.1) is 7.11 Å². The molecule has 0 saturated heterocycles. The average Bonchev–Trinajstić information content (AvgIpc) is 2.42. The molecule has 1 aliphatic rings. The highest BCUT2D eigenvalue weighted by Gasteiger charge is 2.18. The second kappa shape index (κ2) is 7.06. The zero-order valence-electron chi connectivity index (χ0n) is 11.8. The summed E-state index contributed by atoms with van der Waals surface area (Å²) in [7, 11) is 1.04. The summed E-state index contributed by atoms with van der Waals surface area (Å²) >= 11 is 0. The van der Waals surface area contributed by atoms with Crippen LogP contribution in [0.25, 0.3) is 0 Å². The molecule has 1 aromatic carbocycles. The maximum Gasteiger partial charge on any atom is 0.119 e. The summed E-state index contributed by atoms with van der Waals surface area (Å²) in [5, 5.41) is 3.58. The Hall–Kier alpha value is -0.870. The minimum atomic E-state index is -0.669. The standard InChI is InChI=1S/C15H23NO2S/c1-18-15-7-5-12-4-6-14(10-13(12)11-15)16-8-3-9-19(2)17/h5,7,11,14,16H,3-4,6,8-10H2,1-2H3. The zero-order chi connectivity index (χ0) is 13.7. The van der Waals surface area contributed by atoms with Crippen molar-refractivity contribution in [2.24, 2.45) is 0 Å². The molecule has 0 amide bonds. The van der Waals surface area contributed by atoms with Gasteiger partial charge in [-0.15, -0.1) is 0 Å². The summed E-state index contributed by atoms with van der Waals surface area (Å²) in [6.07, 6.45) is 6.15. The molecule has 2 unspecified atom stereocenters. The minimum Gasteiger partial charge on any atom is -0.497 e. The van der Waals surface area contributed by atoms with Crippen molar-refractivity contribution < 1.29 is 8.95 Å². The van der Waals surface area contributed by atoms with Crippen LogP contribution in [0.15, 0.2) is 18.2 Å². The first-order valence-corrected chi connectivity index (χ1v) is 8.61. The number of rotatable bonds is 6. The van der Waals surface area contributed by atoms with E-state index >= 15 is 0 Å². The number of hydrogen-bond donors (Lipinski definition) is 1. The van der Waals surface area contributed by atoms with E-state index < -0.39 is 10.8 Å². The van der Waals surface area contributed by atoms with E-state index in [0.29, 0.717) is 6.04 Å². The fraction of sp³-hybridized carbons (Fsp3) is 0.600. The lowest BCUT2D eigenvalue weighted by Crippen LogP contribution is -2.35. The SMILES string of the molecule is COc1ccc2c(c1)CC(NCCCS(C)=O)CC2. The quantitative estimate of drug-likeness (QED) is 0.810. The normalized spacial score (nSPS) is 19.8. The maximum atomic E-state index is 11.0. The van der Waals surface area contributed by atoms with Crippen LogP contribution in [0, 0.1) is 0 Å². The number of aryl methyl sites for hydroxylation is 1. The van der Waals surface area contributed by atoms with Crippen molar-refractivity contribution in [1.82, 2.24) is 5.32 Å². The Kier molecular flexibility index (Phi) is 5.40. The molecule has 2 atom stereocenters. The number of ether oxygens (including phenoxy) is 1. The topological polar surface area (TPSA) is 38.3 Å². The molecule has 0 saturated carbocycles. The molecule has 1 N–H and O–H groups in total. The lowest BCUT2D eigenvalue weighted by Gasteiger charge is -2.26. The van der Waals surface area contributed by atoms with E-state index in [9.17, 15) is 4.21 Å². The van der Waals surface area contributed by atoms with Crippen LogP contribution in [0.3, 0.4) is 0 Å². The van der Waals surface area contributed by atoms with Gasteiger partial charge in [0.1, 0.15) is 5.75 Å². The molecule has 0 heterocycles. The second-order valence-corrected chi connectivity index (χ2v) is 6.71. The predicted octanol–water partition coefficient (Wildman–Crippen LogP) is 1.91. The molecule has 0 bridgehead atoms. The van der Waals surface area contributed by atoms with E-state index in [1.807, 2.05) is 6.07 Å². The maximum absolute atomic E-state index is 11.0. The first-order valence-electron chi connectivity index (χ1n) is 6.88. The van der Waals surface area contributed by atoms with Gasteiger partial charge in [0, 0.05) is 28.9 Å². The fourth-order valence-electron chi connectivity index (χ4n) is 2.62. The van der Waals surface area contributed by atoms with Gasteiger partial charge in [-0.2, -0.15) is 0 Å². The van der Waals surface area contributed by atoms with Crippen molar-refractivity contribution >= 4 is 10.8 Å². The molecule has 0 fully saturated rings. The minimum absolute atomic E-state index is 0.546. The Bertz CT molecular complexity index is 448. The summed E-state index contributed by atoms with van der Waals surface area (Å²) in [5.74, 6) is 1.74. The predicted molar refractivity (Wildman–Crippen MR) is 80.4 cm³/mol. The number of hydrogen-bond acceptors (Lipinski definition) is 3. The van der Waals surface area contributed by atoms with Gasteiger partial charge in [-0.25, -0.2) is 0 Å². The van der Waals surface area contributed by atoms with Crippen LogP contribution in [0.1, 0.15) is 24.0 Å². The van der Waals surface area contributed by atoms with Crippen molar-refractivity contribution in [2.45, 2.75) is 31.7 Å². The highest BCUT2D eigenvalue weighted by molar-refractivity contribution is 7.84.